The van der Waals surface area contributed by atoms with Gasteiger partial charge in [-0.1, -0.05) is 11.6 Å². The molecule has 3 aromatic rings. The first-order chi connectivity index (χ1) is 12.0. The van der Waals surface area contributed by atoms with Crippen LogP contribution in [0.15, 0.2) is 30.3 Å². The van der Waals surface area contributed by atoms with Gasteiger partial charge in [-0.3, -0.25) is 0 Å². The first-order valence-electron chi connectivity index (χ1n) is 7.63. The standard InChI is InChI=1S/C17H17ClFN5O/c1-20-14-4-3-13(24-16(14)19)11-7-15-9(6-12(11)18)5-10(23-15)8-22-17(25)21-2/h3-7,20,23H,8H2,1-2H3,(H2,21,22,25). The van der Waals surface area contributed by atoms with Gasteiger partial charge in [-0.05, 0) is 30.3 Å². The number of pyridine rings is 1. The van der Waals surface area contributed by atoms with E-state index in [9.17, 15) is 9.18 Å². The molecule has 6 nitrogen and oxygen atoms in total. The normalized spacial score (nSPS) is 10.7. The van der Waals surface area contributed by atoms with Gasteiger partial charge in [0.2, 0.25) is 5.95 Å². The van der Waals surface area contributed by atoms with Crippen LogP contribution in [0.4, 0.5) is 14.9 Å². The van der Waals surface area contributed by atoms with Crippen molar-refractivity contribution in [1.82, 2.24) is 20.6 Å². The Morgan fingerprint density at radius 2 is 2.08 bits per heavy atom. The molecule has 0 spiro atoms. The zero-order chi connectivity index (χ0) is 18.0. The second-order valence-corrected chi connectivity index (χ2v) is 5.84. The molecule has 0 radical (unpaired) electrons. The summed E-state index contributed by atoms with van der Waals surface area (Å²) in [6.07, 6.45) is 0. The van der Waals surface area contributed by atoms with E-state index in [4.69, 9.17) is 11.6 Å². The second-order valence-electron chi connectivity index (χ2n) is 5.43. The lowest BCUT2D eigenvalue weighted by atomic mass is 10.1. The number of aromatic amines is 1. The van der Waals surface area contributed by atoms with E-state index in [1.165, 1.54) is 0 Å². The number of hydrogen-bond donors (Lipinski definition) is 4. The number of nitrogens with zero attached hydrogens (tertiary/aromatic N) is 1. The van der Waals surface area contributed by atoms with Gasteiger partial charge in [-0.15, -0.1) is 0 Å². The van der Waals surface area contributed by atoms with Gasteiger partial charge >= 0.3 is 6.03 Å². The summed E-state index contributed by atoms with van der Waals surface area (Å²) >= 11 is 6.35. The molecule has 3 rings (SSSR count). The van der Waals surface area contributed by atoms with E-state index < -0.39 is 5.95 Å². The number of halogens is 2. The molecule has 0 bridgehead atoms. The van der Waals surface area contributed by atoms with Crippen LogP contribution in [0.25, 0.3) is 22.2 Å². The zero-order valence-corrected chi connectivity index (χ0v) is 14.5. The SMILES string of the molecule is CNC(=O)NCc1cc2cc(Cl)c(-c3ccc(NC)c(F)n3)cc2[nH]1. The molecular formula is C17H17ClFN5O. The third-order valence-electron chi connectivity index (χ3n) is 3.82. The second kappa shape index (κ2) is 6.98. The average Bonchev–Trinajstić information content (AvgIpc) is 3.00. The number of carbonyl (C=O) groups is 1. The number of nitrogens with one attached hydrogen (secondary N) is 4. The summed E-state index contributed by atoms with van der Waals surface area (Å²) in [5.74, 6) is -0.585. The number of urea groups is 1. The summed E-state index contributed by atoms with van der Waals surface area (Å²) in [5.41, 5.74) is 3.05. The Morgan fingerprint density at radius 1 is 1.28 bits per heavy atom. The number of aromatic nitrogens is 2. The number of fused-ring (bicyclic) bond motifs is 1. The molecule has 130 valence electrons. The van der Waals surface area contributed by atoms with E-state index in [2.05, 4.69) is 25.9 Å². The monoisotopic (exact) mass is 361 g/mol. The Bertz CT molecular complexity index is 940. The predicted octanol–water partition coefficient (Wildman–Crippen LogP) is 3.49. The molecule has 2 heterocycles. The van der Waals surface area contributed by atoms with Crippen molar-refractivity contribution in [3.8, 4) is 11.3 Å². The number of anilines is 1. The fraction of sp³-hybridized carbons (Fsp3) is 0.176. The van der Waals surface area contributed by atoms with E-state index in [-0.39, 0.29) is 6.03 Å². The topological polar surface area (TPSA) is 81.8 Å². The van der Waals surface area contributed by atoms with Crippen molar-refractivity contribution in [2.75, 3.05) is 19.4 Å². The molecule has 0 aliphatic rings. The Kier molecular flexibility index (Phi) is 4.76. The third-order valence-corrected chi connectivity index (χ3v) is 4.14. The third kappa shape index (κ3) is 3.51. The minimum Gasteiger partial charge on any atom is -0.384 e. The van der Waals surface area contributed by atoms with Crippen LogP contribution in [0, 0.1) is 5.95 Å². The lowest BCUT2D eigenvalue weighted by Crippen LogP contribution is -2.32. The fourth-order valence-corrected chi connectivity index (χ4v) is 2.81. The van der Waals surface area contributed by atoms with Crippen molar-refractivity contribution in [1.29, 1.82) is 0 Å². The van der Waals surface area contributed by atoms with Crippen LogP contribution in [-0.2, 0) is 6.54 Å². The number of rotatable bonds is 4. The van der Waals surface area contributed by atoms with Gasteiger partial charge in [0.15, 0.2) is 0 Å². The molecule has 4 N–H and O–H groups in total. The Hall–Kier alpha value is -2.80. The lowest BCUT2D eigenvalue weighted by molar-refractivity contribution is 0.242. The molecular weight excluding hydrogens is 345 g/mol. The predicted molar refractivity (Wildman–Crippen MR) is 97.3 cm³/mol. The Morgan fingerprint density at radius 3 is 2.76 bits per heavy atom. The van der Waals surface area contributed by atoms with Crippen LogP contribution in [0.2, 0.25) is 5.02 Å². The largest absolute Gasteiger partial charge is 0.384 e. The fourth-order valence-electron chi connectivity index (χ4n) is 2.54. The van der Waals surface area contributed by atoms with E-state index in [0.29, 0.717) is 28.5 Å². The van der Waals surface area contributed by atoms with E-state index >= 15 is 0 Å². The number of hydrogen-bond acceptors (Lipinski definition) is 3. The minimum atomic E-state index is -0.585. The molecule has 2 amide bonds. The van der Waals surface area contributed by atoms with E-state index in [0.717, 1.165) is 16.6 Å². The van der Waals surface area contributed by atoms with Gasteiger partial charge in [-0.2, -0.15) is 4.39 Å². The first kappa shape index (κ1) is 17.0. The maximum atomic E-state index is 13.9. The molecule has 1 aromatic carbocycles. The smallest absolute Gasteiger partial charge is 0.314 e. The van der Waals surface area contributed by atoms with E-state index in [1.54, 1.807) is 32.3 Å². The highest BCUT2D eigenvalue weighted by Gasteiger charge is 2.12. The van der Waals surface area contributed by atoms with Crippen molar-refractivity contribution in [3.05, 3.63) is 47.0 Å². The zero-order valence-electron chi connectivity index (χ0n) is 13.7. The Labute approximate surface area is 148 Å². The van der Waals surface area contributed by atoms with Crippen molar-refractivity contribution in [2.45, 2.75) is 6.54 Å². The van der Waals surface area contributed by atoms with Gasteiger partial charge in [0, 0.05) is 36.3 Å². The molecule has 0 saturated carbocycles. The van der Waals surface area contributed by atoms with Crippen LogP contribution in [-0.4, -0.2) is 30.1 Å². The van der Waals surface area contributed by atoms with Crippen molar-refractivity contribution in [3.63, 3.8) is 0 Å². The lowest BCUT2D eigenvalue weighted by Gasteiger charge is -2.07. The van der Waals surface area contributed by atoms with Crippen LogP contribution in [0.5, 0.6) is 0 Å². The van der Waals surface area contributed by atoms with Gasteiger partial charge in [0.05, 0.1) is 22.9 Å². The van der Waals surface area contributed by atoms with Crippen molar-refractivity contribution >= 4 is 34.2 Å². The Balaban J connectivity index is 1.95. The quantitative estimate of drug-likeness (QED) is 0.537. The molecule has 0 atom stereocenters. The molecule has 0 aliphatic heterocycles. The maximum Gasteiger partial charge on any atom is 0.314 e. The van der Waals surface area contributed by atoms with Crippen LogP contribution in [0.1, 0.15) is 5.69 Å². The van der Waals surface area contributed by atoms with Crippen molar-refractivity contribution < 1.29 is 9.18 Å². The average molecular weight is 362 g/mol. The van der Waals surface area contributed by atoms with Gasteiger partial charge < -0.3 is 20.9 Å². The summed E-state index contributed by atoms with van der Waals surface area (Å²) < 4.78 is 13.9. The molecule has 0 fully saturated rings. The summed E-state index contributed by atoms with van der Waals surface area (Å²) in [6, 6.07) is 8.57. The molecule has 25 heavy (non-hydrogen) atoms. The highest BCUT2D eigenvalue weighted by molar-refractivity contribution is 6.34. The molecule has 2 aromatic heterocycles. The van der Waals surface area contributed by atoms with Gasteiger partial charge in [-0.25, -0.2) is 9.78 Å². The summed E-state index contributed by atoms with van der Waals surface area (Å²) in [6.45, 7) is 0.352. The number of amides is 2. The van der Waals surface area contributed by atoms with Gasteiger partial charge in [0.1, 0.15) is 0 Å². The van der Waals surface area contributed by atoms with E-state index in [1.807, 2.05) is 12.1 Å². The van der Waals surface area contributed by atoms with Crippen LogP contribution >= 0.6 is 11.6 Å². The first-order valence-corrected chi connectivity index (χ1v) is 8.01. The number of H-pyrrole nitrogens is 1. The number of benzene rings is 1. The van der Waals surface area contributed by atoms with Crippen LogP contribution < -0.4 is 16.0 Å². The highest BCUT2D eigenvalue weighted by Crippen LogP contribution is 2.32. The van der Waals surface area contributed by atoms with Crippen molar-refractivity contribution in [2.24, 2.45) is 0 Å². The summed E-state index contributed by atoms with van der Waals surface area (Å²) in [4.78, 5) is 18.5. The van der Waals surface area contributed by atoms with Gasteiger partial charge in [0.25, 0.3) is 0 Å². The summed E-state index contributed by atoms with van der Waals surface area (Å²) in [7, 11) is 3.18. The molecule has 8 heteroatoms. The van der Waals surface area contributed by atoms with Crippen LogP contribution in [0.3, 0.4) is 0 Å². The molecule has 0 saturated heterocycles. The molecule has 0 unspecified atom stereocenters. The highest BCUT2D eigenvalue weighted by atomic mass is 35.5. The minimum absolute atomic E-state index is 0.262. The summed E-state index contributed by atoms with van der Waals surface area (Å²) in [5, 5.41) is 9.30. The molecule has 0 aliphatic carbocycles. The maximum absolute atomic E-state index is 13.9. The number of carbonyl (C=O) groups excluding carboxylic acids is 1.